The van der Waals surface area contributed by atoms with Crippen LogP contribution >= 0.6 is 11.6 Å². The van der Waals surface area contributed by atoms with Crippen molar-refractivity contribution in [2.75, 3.05) is 19.7 Å². The molecular weight excluding hydrogens is 578 g/mol. The molecule has 0 saturated heterocycles. The largest absolute Gasteiger partial charge is 0.355 e. The molecule has 226 valence electrons. The Morgan fingerprint density at radius 3 is 2.53 bits per heavy atom. The number of carbonyl (C=O) groups excluding carboxylic acids is 2. The van der Waals surface area contributed by atoms with Gasteiger partial charge in [0.15, 0.2) is 5.15 Å². The molecular formula is C28H32ClN9O5. The van der Waals surface area contributed by atoms with E-state index in [-0.39, 0.29) is 24.0 Å². The minimum absolute atomic E-state index is 0.0429. The van der Waals surface area contributed by atoms with Gasteiger partial charge in [0.25, 0.3) is 11.0 Å². The molecule has 2 amide bonds. The van der Waals surface area contributed by atoms with Crippen molar-refractivity contribution in [1.82, 2.24) is 40.8 Å². The van der Waals surface area contributed by atoms with Crippen LogP contribution in [0.5, 0.6) is 0 Å². The zero-order chi connectivity index (χ0) is 30.6. The summed E-state index contributed by atoms with van der Waals surface area (Å²) >= 11 is 6.46. The Kier molecular flexibility index (Phi) is 11.1. The van der Waals surface area contributed by atoms with Crippen molar-refractivity contribution in [2.24, 2.45) is 0 Å². The van der Waals surface area contributed by atoms with Gasteiger partial charge in [0, 0.05) is 25.1 Å². The molecule has 0 bridgehead atoms. The molecule has 14 nitrogen and oxygen atoms in total. The van der Waals surface area contributed by atoms with Crippen molar-refractivity contribution in [1.29, 1.82) is 0 Å². The van der Waals surface area contributed by atoms with Gasteiger partial charge >= 0.3 is 0 Å². The molecule has 0 saturated carbocycles. The number of halogens is 1. The smallest absolute Gasteiger partial charge is 0.294 e. The second kappa shape index (κ2) is 15.4. The highest BCUT2D eigenvalue weighted by Crippen LogP contribution is 2.30. The van der Waals surface area contributed by atoms with E-state index in [1.165, 1.54) is 0 Å². The Labute approximate surface area is 252 Å². The van der Waals surface area contributed by atoms with Gasteiger partial charge in [0.1, 0.15) is 11.5 Å². The number of hydrogen-bond donors (Lipinski definition) is 3. The van der Waals surface area contributed by atoms with Gasteiger partial charge in [0.2, 0.25) is 11.7 Å². The molecule has 15 heteroatoms. The van der Waals surface area contributed by atoms with Gasteiger partial charge in [-0.05, 0) is 41.2 Å². The molecule has 0 fully saturated rings. The standard InChI is InChI=1S/C28H32ClN9O5/c1-2-3-10-23-32-26(29)25(28(40)31-17-24(39)30-15-6-7-16-43-38(41)42)37(23)18-19-11-13-20(14-12-19)21-8-4-5-9-22(21)27-33-35-36-34-27/h4-5,8-9,11-14H,2-3,6-7,10,15-18H2,1H3,(H,30,39)(H,31,40)(H,33,34,35,36). The topological polar surface area (TPSA) is 183 Å². The van der Waals surface area contributed by atoms with E-state index < -0.39 is 16.9 Å². The molecule has 0 spiro atoms. The monoisotopic (exact) mass is 609 g/mol. The predicted octanol–water partition coefficient (Wildman–Crippen LogP) is 3.61. The minimum Gasteiger partial charge on any atom is -0.355 e. The summed E-state index contributed by atoms with van der Waals surface area (Å²) in [4.78, 5) is 44.3. The fourth-order valence-corrected chi connectivity index (χ4v) is 4.74. The third-order valence-corrected chi connectivity index (χ3v) is 6.86. The molecule has 0 atom stereocenters. The van der Waals surface area contributed by atoms with Crippen LogP contribution in [-0.4, -0.2) is 66.8 Å². The van der Waals surface area contributed by atoms with Crippen LogP contribution in [0.4, 0.5) is 0 Å². The summed E-state index contributed by atoms with van der Waals surface area (Å²) in [5, 5.41) is 29.0. The number of rotatable bonds is 16. The molecule has 4 rings (SSSR count). The van der Waals surface area contributed by atoms with Crippen molar-refractivity contribution >= 4 is 23.4 Å². The maximum Gasteiger partial charge on any atom is 0.294 e. The average molecular weight is 610 g/mol. The van der Waals surface area contributed by atoms with E-state index in [9.17, 15) is 19.7 Å². The van der Waals surface area contributed by atoms with Crippen LogP contribution in [0, 0.1) is 10.1 Å². The van der Waals surface area contributed by atoms with Crippen molar-refractivity contribution in [3.63, 3.8) is 0 Å². The number of unbranched alkanes of at least 4 members (excludes halogenated alkanes) is 2. The maximum absolute atomic E-state index is 13.2. The van der Waals surface area contributed by atoms with E-state index in [1.807, 2.05) is 48.5 Å². The molecule has 4 aromatic rings. The zero-order valence-electron chi connectivity index (χ0n) is 23.6. The van der Waals surface area contributed by atoms with Crippen molar-refractivity contribution < 1.29 is 19.5 Å². The first-order valence-electron chi connectivity index (χ1n) is 13.9. The third-order valence-electron chi connectivity index (χ3n) is 6.59. The first kappa shape index (κ1) is 31.1. The van der Waals surface area contributed by atoms with Crippen LogP contribution in [0.25, 0.3) is 22.5 Å². The van der Waals surface area contributed by atoms with Crippen LogP contribution in [-0.2, 0) is 22.6 Å². The van der Waals surface area contributed by atoms with Crippen molar-refractivity contribution in [3.8, 4) is 22.5 Å². The van der Waals surface area contributed by atoms with E-state index in [0.717, 1.165) is 35.1 Å². The Balaban J connectivity index is 1.44. The first-order chi connectivity index (χ1) is 20.9. The number of nitrogens with one attached hydrogen (secondary N) is 3. The SMILES string of the molecule is CCCCc1nc(Cl)c(C(=O)NCC(=O)NCCCCO[N+](=O)[O-])n1Cc1ccc(-c2ccccc2-c2nn[nH]n2)cc1. The molecule has 2 heterocycles. The van der Waals surface area contributed by atoms with Gasteiger partial charge in [-0.1, -0.05) is 73.5 Å². The lowest BCUT2D eigenvalue weighted by molar-refractivity contribution is -0.757. The highest BCUT2D eigenvalue weighted by atomic mass is 35.5. The number of aromatic nitrogens is 6. The van der Waals surface area contributed by atoms with Gasteiger partial charge in [-0.3, -0.25) is 9.59 Å². The summed E-state index contributed by atoms with van der Waals surface area (Å²) in [6.07, 6.45) is 3.36. The highest BCUT2D eigenvalue weighted by Gasteiger charge is 2.23. The number of tetrazole rings is 1. The minimum atomic E-state index is -0.855. The highest BCUT2D eigenvalue weighted by molar-refractivity contribution is 6.32. The van der Waals surface area contributed by atoms with E-state index in [0.29, 0.717) is 44.0 Å². The van der Waals surface area contributed by atoms with Gasteiger partial charge in [-0.15, -0.1) is 20.3 Å². The maximum atomic E-state index is 13.2. The fourth-order valence-electron chi connectivity index (χ4n) is 4.46. The Morgan fingerprint density at radius 1 is 1.07 bits per heavy atom. The number of benzene rings is 2. The molecule has 2 aromatic heterocycles. The number of nitrogens with zero attached hydrogens (tertiary/aromatic N) is 6. The summed E-state index contributed by atoms with van der Waals surface area (Å²) in [5.41, 5.74) is 3.88. The van der Waals surface area contributed by atoms with Gasteiger partial charge in [0.05, 0.1) is 13.2 Å². The number of aryl methyl sites for hydroxylation is 1. The Hall–Kier alpha value is -4.85. The number of amides is 2. The second-order valence-corrected chi connectivity index (χ2v) is 9.99. The number of imidazole rings is 1. The molecule has 0 aliphatic rings. The summed E-state index contributed by atoms with van der Waals surface area (Å²) in [6, 6.07) is 15.7. The summed E-state index contributed by atoms with van der Waals surface area (Å²) in [5.74, 6) is 0.277. The quantitative estimate of drug-likeness (QED) is 0.0970. The van der Waals surface area contributed by atoms with E-state index in [2.05, 4.69) is 48.0 Å². The van der Waals surface area contributed by atoms with E-state index in [4.69, 9.17) is 11.6 Å². The second-order valence-electron chi connectivity index (χ2n) is 9.63. The van der Waals surface area contributed by atoms with E-state index in [1.54, 1.807) is 4.57 Å². The molecule has 3 N–H and O–H groups in total. The fraction of sp³-hybridized carbons (Fsp3) is 0.357. The van der Waals surface area contributed by atoms with Crippen LogP contribution in [0.2, 0.25) is 5.15 Å². The molecule has 0 unspecified atom stereocenters. The number of hydrogen-bond acceptors (Lipinski definition) is 9. The Bertz CT molecular complexity index is 1520. The lowest BCUT2D eigenvalue weighted by Crippen LogP contribution is -2.38. The average Bonchev–Trinajstić information content (AvgIpc) is 3.65. The zero-order valence-corrected chi connectivity index (χ0v) is 24.3. The van der Waals surface area contributed by atoms with Gasteiger partial charge in [-0.25, -0.2) is 4.98 Å². The summed E-state index contributed by atoms with van der Waals surface area (Å²) in [7, 11) is 0. The molecule has 0 aliphatic carbocycles. The van der Waals surface area contributed by atoms with Gasteiger partial charge in [-0.2, -0.15) is 5.21 Å². The number of aromatic amines is 1. The van der Waals surface area contributed by atoms with Crippen LogP contribution in [0.3, 0.4) is 0 Å². The van der Waals surface area contributed by atoms with E-state index >= 15 is 0 Å². The molecule has 43 heavy (non-hydrogen) atoms. The Morgan fingerprint density at radius 2 is 1.84 bits per heavy atom. The first-order valence-corrected chi connectivity index (χ1v) is 14.2. The lowest BCUT2D eigenvalue weighted by atomic mass is 9.98. The van der Waals surface area contributed by atoms with Crippen molar-refractivity contribution in [2.45, 2.75) is 45.6 Å². The molecule has 0 radical (unpaired) electrons. The normalized spacial score (nSPS) is 10.8. The van der Waals surface area contributed by atoms with Crippen LogP contribution in [0.1, 0.15) is 54.5 Å². The summed E-state index contributed by atoms with van der Waals surface area (Å²) < 4.78 is 1.79. The molecule has 2 aromatic carbocycles. The van der Waals surface area contributed by atoms with Crippen LogP contribution in [0.15, 0.2) is 48.5 Å². The molecule has 0 aliphatic heterocycles. The third kappa shape index (κ3) is 8.58. The lowest BCUT2D eigenvalue weighted by Gasteiger charge is -2.14. The van der Waals surface area contributed by atoms with Crippen molar-refractivity contribution in [3.05, 3.63) is 80.9 Å². The summed E-state index contributed by atoms with van der Waals surface area (Å²) in [6.45, 7) is 2.42. The number of carbonyl (C=O) groups is 2. The predicted molar refractivity (Wildman–Crippen MR) is 158 cm³/mol. The number of H-pyrrole nitrogens is 1. The van der Waals surface area contributed by atoms with Gasteiger partial charge < -0.3 is 20.0 Å². The van der Waals surface area contributed by atoms with Crippen LogP contribution < -0.4 is 10.6 Å².